The SMILES string of the molecule is O=C(CN1CCC(c2c[nH]c3ncccc23)CC1)N1CCCCC1. The van der Waals surface area contributed by atoms with Crippen molar-refractivity contribution in [1.82, 2.24) is 19.8 Å². The topological polar surface area (TPSA) is 52.2 Å². The van der Waals surface area contributed by atoms with Crippen LogP contribution >= 0.6 is 0 Å². The van der Waals surface area contributed by atoms with Crippen molar-refractivity contribution >= 4 is 16.9 Å². The summed E-state index contributed by atoms with van der Waals surface area (Å²) in [6.07, 6.45) is 9.80. The van der Waals surface area contributed by atoms with Crippen LogP contribution in [0.3, 0.4) is 0 Å². The van der Waals surface area contributed by atoms with Crippen LogP contribution in [0.25, 0.3) is 11.0 Å². The first-order valence-electron chi connectivity index (χ1n) is 9.23. The summed E-state index contributed by atoms with van der Waals surface area (Å²) in [6, 6.07) is 4.16. The number of carbonyl (C=O) groups is 1. The van der Waals surface area contributed by atoms with Crippen molar-refractivity contribution in [3.8, 4) is 0 Å². The van der Waals surface area contributed by atoms with E-state index in [1.54, 1.807) is 0 Å². The molecule has 2 aromatic heterocycles. The number of nitrogens with one attached hydrogen (secondary N) is 1. The summed E-state index contributed by atoms with van der Waals surface area (Å²) in [7, 11) is 0. The zero-order valence-electron chi connectivity index (χ0n) is 14.2. The Balaban J connectivity index is 1.34. The molecule has 5 heteroatoms. The number of hydrogen-bond acceptors (Lipinski definition) is 3. The molecule has 0 radical (unpaired) electrons. The lowest BCUT2D eigenvalue weighted by Gasteiger charge is -2.34. The lowest BCUT2D eigenvalue weighted by Crippen LogP contribution is -2.44. The van der Waals surface area contributed by atoms with Crippen LogP contribution < -0.4 is 0 Å². The second kappa shape index (κ2) is 6.93. The van der Waals surface area contributed by atoms with E-state index in [1.807, 2.05) is 12.3 Å². The second-order valence-electron chi connectivity index (χ2n) is 7.14. The highest BCUT2D eigenvalue weighted by atomic mass is 16.2. The van der Waals surface area contributed by atoms with Crippen molar-refractivity contribution < 1.29 is 4.79 Å². The molecule has 0 aliphatic carbocycles. The molecule has 1 N–H and O–H groups in total. The quantitative estimate of drug-likeness (QED) is 0.943. The molecule has 0 aromatic carbocycles. The molecule has 4 heterocycles. The highest BCUT2D eigenvalue weighted by molar-refractivity contribution is 5.80. The third-order valence-corrected chi connectivity index (χ3v) is 5.58. The summed E-state index contributed by atoms with van der Waals surface area (Å²) < 4.78 is 0. The molecule has 2 aromatic rings. The van der Waals surface area contributed by atoms with E-state index in [4.69, 9.17) is 0 Å². The maximum atomic E-state index is 12.4. The Labute approximate surface area is 143 Å². The summed E-state index contributed by atoms with van der Waals surface area (Å²) in [4.78, 5) is 24.5. The number of carbonyl (C=O) groups excluding carboxylic acids is 1. The minimum Gasteiger partial charge on any atom is -0.346 e. The van der Waals surface area contributed by atoms with Gasteiger partial charge >= 0.3 is 0 Å². The minimum absolute atomic E-state index is 0.324. The number of piperidine rings is 2. The maximum Gasteiger partial charge on any atom is 0.236 e. The first kappa shape index (κ1) is 15.6. The molecule has 128 valence electrons. The number of likely N-dealkylation sites (tertiary alicyclic amines) is 2. The number of hydrogen-bond donors (Lipinski definition) is 1. The zero-order valence-corrected chi connectivity index (χ0v) is 14.2. The van der Waals surface area contributed by atoms with Gasteiger partial charge in [0.05, 0.1) is 6.54 Å². The number of rotatable bonds is 3. The maximum absolute atomic E-state index is 12.4. The van der Waals surface area contributed by atoms with E-state index in [0.717, 1.165) is 44.7 Å². The summed E-state index contributed by atoms with van der Waals surface area (Å²) in [6.45, 7) is 4.53. The molecule has 1 amide bonds. The molecule has 2 aliphatic rings. The van der Waals surface area contributed by atoms with Gasteiger partial charge in [-0.15, -0.1) is 0 Å². The van der Waals surface area contributed by atoms with E-state index in [9.17, 15) is 4.79 Å². The van der Waals surface area contributed by atoms with Gasteiger partial charge in [-0.2, -0.15) is 0 Å². The fraction of sp³-hybridized carbons (Fsp3) is 0.579. The normalized spacial score (nSPS) is 20.6. The molecule has 2 saturated heterocycles. The van der Waals surface area contributed by atoms with E-state index in [2.05, 4.69) is 32.0 Å². The van der Waals surface area contributed by atoms with Crippen LogP contribution in [0.4, 0.5) is 0 Å². The predicted octanol–water partition coefficient (Wildman–Crippen LogP) is 2.75. The summed E-state index contributed by atoms with van der Waals surface area (Å²) in [5, 5.41) is 1.25. The van der Waals surface area contributed by atoms with Crippen LogP contribution in [0, 0.1) is 0 Å². The average molecular weight is 326 g/mol. The number of fused-ring (bicyclic) bond motifs is 1. The van der Waals surface area contributed by atoms with Gasteiger partial charge < -0.3 is 9.88 Å². The van der Waals surface area contributed by atoms with Gasteiger partial charge in [-0.05, 0) is 68.8 Å². The Morgan fingerprint density at radius 1 is 1.17 bits per heavy atom. The van der Waals surface area contributed by atoms with Crippen molar-refractivity contribution in [2.75, 3.05) is 32.7 Å². The van der Waals surface area contributed by atoms with Gasteiger partial charge in [0, 0.05) is 30.9 Å². The van der Waals surface area contributed by atoms with Crippen LogP contribution in [0.1, 0.15) is 43.6 Å². The average Bonchev–Trinajstić information content (AvgIpc) is 3.07. The second-order valence-corrected chi connectivity index (χ2v) is 7.14. The molecule has 4 rings (SSSR count). The molecule has 0 bridgehead atoms. The Bertz CT molecular complexity index is 696. The molecule has 24 heavy (non-hydrogen) atoms. The Hall–Kier alpha value is -1.88. The Kier molecular flexibility index (Phi) is 4.52. The molecule has 2 fully saturated rings. The Morgan fingerprint density at radius 3 is 2.75 bits per heavy atom. The number of aromatic nitrogens is 2. The monoisotopic (exact) mass is 326 g/mol. The number of pyridine rings is 1. The van der Waals surface area contributed by atoms with Gasteiger partial charge in [-0.3, -0.25) is 9.69 Å². The van der Waals surface area contributed by atoms with E-state index in [0.29, 0.717) is 18.4 Å². The van der Waals surface area contributed by atoms with Crippen molar-refractivity contribution in [3.05, 3.63) is 30.1 Å². The molecule has 0 unspecified atom stereocenters. The fourth-order valence-electron chi connectivity index (χ4n) is 4.15. The summed E-state index contributed by atoms with van der Waals surface area (Å²) in [5.41, 5.74) is 2.37. The molecule has 5 nitrogen and oxygen atoms in total. The van der Waals surface area contributed by atoms with Gasteiger partial charge in [0.1, 0.15) is 5.65 Å². The predicted molar refractivity (Wildman–Crippen MR) is 94.9 cm³/mol. The van der Waals surface area contributed by atoms with Gasteiger partial charge in [0.15, 0.2) is 0 Å². The van der Waals surface area contributed by atoms with Crippen molar-refractivity contribution in [2.45, 2.75) is 38.0 Å². The highest BCUT2D eigenvalue weighted by Crippen LogP contribution is 2.32. The molecular weight excluding hydrogens is 300 g/mol. The molecule has 0 saturated carbocycles. The third kappa shape index (κ3) is 3.18. The molecule has 2 aliphatic heterocycles. The zero-order chi connectivity index (χ0) is 16.4. The van der Waals surface area contributed by atoms with E-state index < -0.39 is 0 Å². The van der Waals surface area contributed by atoms with Crippen LogP contribution in [0.5, 0.6) is 0 Å². The van der Waals surface area contributed by atoms with Crippen molar-refractivity contribution in [1.29, 1.82) is 0 Å². The number of aromatic amines is 1. The minimum atomic E-state index is 0.324. The number of amides is 1. The summed E-state index contributed by atoms with van der Waals surface area (Å²) in [5.74, 6) is 0.897. The summed E-state index contributed by atoms with van der Waals surface area (Å²) >= 11 is 0. The van der Waals surface area contributed by atoms with Crippen LogP contribution in [0.2, 0.25) is 0 Å². The van der Waals surface area contributed by atoms with Crippen molar-refractivity contribution in [2.24, 2.45) is 0 Å². The largest absolute Gasteiger partial charge is 0.346 e. The lowest BCUT2D eigenvalue weighted by molar-refractivity contribution is -0.133. The van der Waals surface area contributed by atoms with Gasteiger partial charge in [-0.25, -0.2) is 4.98 Å². The highest BCUT2D eigenvalue weighted by Gasteiger charge is 2.25. The standard InChI is InChI=1S/C19H26N4O/c24-18(23-9-2-1-3-10-23)14-22-11-6-15(7-12-22)17-13-21-19-16(17)5-4-8-20-19/h4-5,8,13,15H,1-3,6-7,9-12,14H2,(H,20,21). The first-order chi connectivity index (χ1) is 11.8. The smallest absolute Gasteiger partial charge is 0.236 e. The van der Waals surface area contributed by atoms with Gasteiger partial charge in [0.25, 0.3) is 0 Å². The van der Waals surface area contributed by atoms with Crippen LogP contribution in [-0.2, 0) is 4.79 Å². The van der Waals surface area contributed by atoms with Crippen LogP contribution in [-0.4, -0.2) is 58.4 Å². The fourth-order valence-corrected chi connectivity index (χ4v) is 4.15. The molecule has 0 spiro atoms. The van der Waals surface area contributed by atoms with E-state index in [-0.39, 0.29) is 0 Å². The lowest BCUT2D eigenvalue weighted by atomic mass is 9.89. The number of nitrogens with zero attached hydrogens (tertiary/aromatic N) is 3. The Morgan fingerprint density at radius 2 is 1.96 bits per heavy atom. The third-order valence-electron chi connectivity index (χ3n) is 5.58. The van der Waals surface area contributed by atoms with E-state index in [1.165, 1.54) is 30.2 Å². The number of H-pyrrole nitrogens is 1. The first-order valence-corrected chi connectivity index (χ1v) is 9.23. The van der Waals surface area contributed by atoms with Gasteiger partial charge in [0.2, 0.25) is 5.91 Å². The molecular formula is C19H26N4O. The van der Waals surface area contributed by atoms with Crippen molar-refractivity contribution in [3.63, 3.8) is 0 Å². The van der Waals surface area contributed by atoms with E-state index >= 15 is 0 Å². The van der Waals surface area contributed by atoms with Crippen LogP contribution in [0.15, 0.2) is 24.5 Å². The van der Waals surface area contributed by atoms with Gasteiger partial charge in [-0.1, -0.05) is 0 Å². The molecule has 0 atom stereocenters.